The molecule has 0 atom stereocenters. The van der Waals surface area contributed by atoms with Gasteiger partial charge >= 0.3 is 5.97 Å². The fourth-order valence-electron chi connectivity index (χ4n) is 2.85. The highest BCUT2D eigenvalue weighted by atomic mass is 19.3. The molecule has 0 radical (unpaired) electrons. The van der Waals surface area contributed by atoms with E-state index >= 15 is 0 Å². The van der Waals surface area contributed by atoms with Crippen LogP contribution in [-0.2, 0) is 16.8 Å². The first-order valence-corrected chi connectivity index (χ1v) is 6.90. The molecule has 1 aliphatic rings. The molecule has 2 rings (SSSR count). The highest BCUT2D eigenvalue weighted by molar-refractivity contribution is 5.81. The minimum atomic E-state index is -2.75. The number of halogens is 2. The number of carbonyl (C=O) groups is 1. The van der Waals surface area contributed by atoms with Gasteiger partial charge in [-0.25, -0.2) is 8.78 Å². The first-order valence-electron chi connectivity index (χ1n) is 6.90. The van der Waals surface area contributed by atoms with E-state index in [1.807, 2.05) is 13.8 Å². The van der Waals surface area contributed by atoms with Crippen molar-refractivity contribution in [1.82, 2.24) is 9.78 Å². The Kier molecular flexibility index (Phi) is 3.84. The topological polar surface area (TPSA) is 55.1 Å². The quantitative estimate of drug-likeness (QED) is 0.925. The van der Waals surface area contributed by atoms with Crippen LogP contribution in [0.25, 0.3) is 0 Å². The SMILES string of the molecule is CC(C)Cn1nccc1C1(C(=O)O)CCC(F)(F)CC1. The van der Waals surface area contributed by atoms with Gasteiger partial charge in [-0.1, -0.05) is 13.8 Å². The number of aliphatic carboxylic acids is 1. The van der Waals surface area contributed by atoms with Crippen molar-refractivity contribution in [3.8, 4) is 0 Å². The van der Waals surface area contributed by atoms with Gasteiger partial charge in [0.15, 0.2) is 0 Å². The molecule has 6 heteroatoms. The molecular formula is C14H20F2N2O2. The van der Waals surface area contributed by atoms with Crippen LogP contribution >= 0.6 is 0 Å². The van der Waals surface area contributed by atoms with Gasteiger partial charge in [-0.15, -0.1) is 0 Å². The number of carboxylic acids is 1. The second kappa shape index (κ2) is 5.14. The van der Waals surface area contributed by atoms with Crippen molar-refractivity contribution in [1.29, 1.82) is 0 Å². The normalized spacial score (nSPS) is 21.1. The third kappa shape index (κ3) is 2.69. The van der Waals surface area contributed by atoms with Gasteiger partial charge in [0.05, 0.1) is 5.69 Å². The number of alkyl halides is 2. The van der Waals surface area contributed by atoms with Gasteiger partial charge in [-0.3, -0.25) is 9.48 Å². The highest BCUT2D eigenvalue weighted by Gasteiger charge is 2.50. The van der Waals surface area contributed by atoms with Crippen molar-refractivity contribution in [3.63, 3.8) is 0 Å². The van der Waals surface area contributed by atoms with Crippen LogP contribution < -0.4 is 0 Å². The van der Waals surface area contributed by atoms with Crippen LogP contribution in [-0.4, -0.2) is 26.8 Å². The fraction of sp³-hybridized carbons (Fsp3) is 0.714. The predicted octanol–water partition coefficient (Wildman–Crippen LogP) is 3.07. The Labute approximate surface area is 116 Å². The van der Waals surface area contributed by atoms with Gasteiger partial charge in [0.2, 0.25) is 5.92 Å². The maximum absolute atomic E-state index is 13.3. The van der Waals surface area contributed by atoms with Gasteiger partial charge in [0.1, 0.15) is 5.41 Å². The monoisotopic (exact) mass is 286 g/mol. The molecule has 1 aromatic heterocycles. The Morgan fingerprint density at radius 1 is 1.40 bits per heavy atom. The smallest absolute Gasteiger partial charge is 0.315 e. The summed E-state index contributed by atoms with van der Waals surface area (Å²) in [5.41, 5.74) is -0.679. The summed E-state index contributed by atoms with van der Waals surface area (Å²) in [6.07, 6.45) is 0.700. The summed E-state index contributed by atoms with van der Waals surface area (Å²) in [4.78, 5) is 11.7. The van der Waals surface area contributed by atoms with Gasteiger partial charge in [0.25, 0.3) is 0 Å². The van der Waals surface area contributed by atoms with Crippen molar-refractivity contribution >= 4 is 5.97 Å². The summed E-state index contributed by atoms with van der Waals surface area (Å²) in [5, 5.41) is 13.8. The molecule has 0 amide bonds. The van der Waals surface area contributed by atoms with E-state index in [-0.39, 0.29) is 25.7 Å². The van der Waals surface area contributed by atoms with Crippen LogP contribution in [0.1, 0.15) is 45.2 Å². The molecule has 1 saturated carbocycles. The number of nitrogens with zero attached hydrogens (tertiary/aromatic N) is 2. The first kappa shape index (κ1) is 14.9. The lowest BCUT2D eigenvalue weighted by molar-refractivity contribution is -0.149. The minimum absolute atomic E-state index is 0.0425. The summed E-state index contributed by atoms with van der Waals surface area (Å²) in [6, 6.07) is 1.65. The molecular weight excluding hydrogens is 266 g/mol. The Morgan fingerprint density at radius 3 is 2.50 bits per heavy atom. The largest absolute Gasteiger partial charge is 0.481 e. The van der Waals surface area contributed by atoms with E-state index in [1.165, 1.54) is 0 Å². The molecule has 0 bridgehead atoms. The van der Waals surface area contributed by atoms with E-state index in [0.29, 0.717) is 18.2 Å². The second-order valence-corrected chi connectivity index (χ2v) is 6.04. The fourth-order valence-corrected chi connectivity index (χ4v) is 2.85. The van der Waals surface area contributed by atoms with Crippen LogP contribution in [0.15, 0.2) is 12.3 Å². The lowest BCUT2D eigenvalue weighted by Gasteiger charge is -2.37. The molecule has 20 heavy (non-hydrogen) atoms. The second-order valence-electron chi connectivity index (χ2n) is 6.04. The van der Waals surface area contributed by atoms with Gasteiger partial charge < -0.3 is 5.11 Å². The molecule has 1 fully saturated rings. The van der Waals surface area contributed by atoms with E-state index in [2.05, 4.69) is 5.10 Å². The van der Waals surface area contributed by atoms with Crippen molar-refractivity contribution in [2.45, 2.75) is 57.4 Å². The summed E-state index contributed by atoms with van der Waals surface area (Å²) < 4.78 is 28.4. The summed E-state index contributed by atoms with van der Waals surface area (Å²) in [6.45, 7) is 4.61. The zero-order chi connectivity index (χ0) is 15.0. The maximum atomic E-state index is 13.3. The van der Waals surface area contributed by atoms with E-state index in [1.54, 1.807) is 16.9 Å². The van der Waals surface area contributed by atoms with E-state index in [0.717, 1.165) is 0 Å². The lowest BCUT2D eigenvalue weighted by Crippen LogP contribution is -2.44. The molecule has 1 aromatic rings. The lowest BCUT2D eigenvalue weighted by atomic mass is 9.70. The van der Waals surface area contributed by atoms with Crippen LogP contribution in [0.5, 0.6) is 0 Å². The Hall–Kier alpha value is -1.46. The molecule has 1 N–H and O–H groups in total. The molecule has 0 unspecified atom stereocenters. The van der Waals surface area contributed by atoms with E-state index in [4.69, 9.17) is 0 Å². The zero-order valence-corrected chi connectivity index (χ0v) is 11.8. The third-order valence-electron chi connectivity index (χ3n) is 3.99. The molecule has 4 nitrogen and oxygen atoms in total. The van der Waals surface area contributed by atoms with Gasteiger partial charge in [-0.05, 0) is 24.8 Å². The van der Waals surface area contributed by atoms with E-state index < -0.39 is 17.3 Å². The summed E-state index contributed by atoms with van der Waals surface area (Å²) in [7, 11) is 0. The summed E-state index contributed by atoms with van der Waals surface area (Å²) >= 11 is 0. The minimum Gasteiger partial charge on any atom is -0.481 e. The first-order chi connectivity index (χ1) is 9.27. The van der Waals surface area contributed by atoms with Crippen LogP contribution in [0.4, 0.5) is 8.78 Å². The third-order valence-corrected chi connectivity index (χ3v) is 3.99. The molecule has 112 valence electrons. The summed E-state index contributed by atoms with van der Waals surface area (Å²) in [5.74, 6) is -3.47. The molecule has 0 spiro atoms. The highest BCUT2D eigenvalue weighted by Crippen LogP contribution is 2.45. The number of hydrogen-bond donors (Lipinski definition) is 1. The number of rotatable bonds is 4. The standard InChI is InChI=1S/C14H20F2N2O2/c1-10(2)9-18-11(3-8-17-18)13(12(19)20)4-6-14(15,16)7-5-13/h3,8,10H,4-7,9H2,1-2H3,(H,19,20). The molecule has 0 saturated heterocycles. The number of carboxylic acid groups (broad SMARTS) is 1. The van der Waals surface area contributed by atoms with Crippen molar-refractivity contribution in [2.75, 3.05) is 0 Å². The van der Waals surface area contributed by atoms with Gasteiger partial charge in [-0.2, -0.15) is 5.10 Å². The molecule has 0 aliphatic heterocycles. The van der Waals surface area contributed by atoms with Crippen molar-refractivity contribution in [2.24, 2.45) is 5.92 Å². The van der Waals surface area contributed by atoms with Crippen LogP contribution in [0, 0.1) is 5.92 Å². The average molecular weight is 286 g/mol. The maximum Gasteiger partial charge on any atom is 0.315 e. The van der Waals surface area contributed by atoms with Crippen LogP contribution in [0.3, 0.4) is 0 Å². The number of aromatic nitrogens is 2. The predicted molar refractivity (Wildman–Crippen MR) is 69.8 cm³/mol. The van der Waals surface area contributed by atoms with E-state index in [9.17, 15) is 18.7 Å². The Bertz CT molecular complexity index is 487. The Morgan fingerprint density at radius 2 is 2.00 bits per heavy atom. The molecule has 1 heterocycles. The average Bonchev–Trinajstić information content (AvgIpc) is 2.77. The zero-order valence-electron chi connectivity index (χ0n) is 11.8. The van der Waals surface area contributed by atoms with Crippen molar-refractivity contribution < 1.29 is 18.7 Å². The molecule has 0 aromatic carbocycles. The van der Waals surface area contributed by atoms with Gasteiger partial charge in [0, 0.05) is 25.6 Å². The molecule has 1 aliphatic carbocycles. The van der Waals surface area contributed by atoms with Crippen molar-refractivity contribution in [3.05, 3.63) is 18.0 Å². The number of hydrogen-bond acceptors (Lipinski definition) is 2. The van der Waals surface area contributed by atoms with Crippen LogP contribution in [0.2, 0.25) is 0 Å². The Balaban J connectivity index is 2.35.